The van der Waals surface area contributed by atoms with E-state index < -0.39 is 21.2 Å². The molecule has 1 aliphatic rings. The highest BCUT2D eigenvalue weighted by Crippen LogP contribution is 2.26. The summed E-state index contributed by atoms with van der Waals surface area (Å²) in [6.07, 6.45) is 0.410. The van der Waals surface area contributed by atoms with Crippen molar-refractivity contribution in [2.24, 2.45) is 7.05 Å². The van der Waals surface area contributed by atoms with Crippen LogP contribution >= 0.6 is 11.8 Å². The third kappa shape index (κ3) is 4.07. The van der Waals surface area contributed by atoms with Crippen molar-refractivity contribution in [3.63, 3.8) is 0 Å². The zero-order valence-electron chi connectivity index (χ0n) is 14.4. The molecule has 2 heterocycles. The van der Waals surface area contributed by atoms with E-state index in [1.807, 2.05) is 0 Å². The summed E-state index contributed by atoms with van der Waals surface area (Å²) in [5.41, 5.74) is -0.392. The van der Waals surface area contributed by atoms with Gasteiger partial charge in [0.1, 0.15) is 5.82 Å². The van der Waals surface area contributed by atoms with Crippen LogP contribution in [0.25, 0.3) is 11.4 Å². The highest BCUT2D eigenvalue weighted by molar-refractivity contribution is 7.99. The molecule has 1 aliphatic heterocycles. The number of halogens is 1. The number of thioether (sulfide) groups is 1. The van der Waals surface area contributed by atoms with Crippen molar-refractivity contribution >= 4 is 27.5 Å². The molecule has 0 saturated carbocycles. The largest absolute Gasteiger partial charge is 0.349 e. The molecule has 1 aromatic heterocycles. The highest BCUT2D eigenvalue weighted by atomic mass is 32.2. The van der Waals surface area contributed by atoms with Crippen molar-refractivity contribution in [1.82, 2.24) is 20.1 Å². The third-order valence-corrected chi connectivity index (χ3v) is 7.15. The van der Waals surface area contributed by atoms with Gasteiger partial charge in [-0.15, -0.1) is 10.2 Å². The fourth-order valence-electron chi connectivity index (χ4n) is 2.93. The number of benzene rings is 1. The minimum atomic E-state index is -3.09. The van der Waals surface area contributed by atoms with Crippen molar-refractivity contribution in [3.05, 3.63) is 30.1 Å². The molecule has 140 valence electrons. The summed E-state index contributed by atoms with van der Waals surface area (Å²) >= 11 is 1.16. The summed E-state index contributed by atoms with van der Waals surface area (Å²) in [7, 11) is -1.39. The molecule has 1 saturated heterocycles. The van der Waals surface area contributed by atoms with Crippen LogP contribution in [0.5, 0.6) is 0 Å². The molecule has 7 nitrogen and oxygen atoms in total. The maximum absolute atomic E-state index is 13.9. The Kier molecular flexibility index (Phi) is 5.07. The molecule has 0 aliphatic carbocycles. The van der Waals surface area contributed by atoms with Crippen molar-refractivity contribution in [2.75, 3.05) is 17.3 Å². The van der Waals surface area contributed by atoms with Gasteiger partial charge in [-0.1, -0.05) is 23.9 Å². The summed E-state index contributed by atoms with van der Waals surface area (Å²) in [5.74, 6) is -0.180. The van der Waals surface area contributed by atoms with Gasteiger partial charge in [-0.25, -0.2) is 12.8 Å². The smallest absolute Gasteiger partial charge is 0.230 e. The lowest BCUT2D eigenvalue weighted by molar-refractivity contribution is -0.120. The first kappa shape index (κ1) is 18.8. The topological polar surface area (TPSA) is 94.0 Å². The van der Waals surface area contributed by atoms with E-state index in [-0.39, 0.29) is 23.2 Å². The summed E-state index contributed by atoms with van der Waals surface area (Å²) in [5, 5.41) is 11.3. The molecule has 0 unspecified atom stereocenters. The van der Waals surface area contributed by atoms with Crippen LogP contribution < -0.4 is 5.32 Å². The van der Waals surface area contributed by atoms with E-state index in [1.54, 1.807) is 36.7 Å². The van der Waals surface area contributed by atoms with Gasteiger partial charge >= 0.3 is 0 Å². The van der Waals surface area contributed by atoms with Crippen LogP contribution in [-0.2, 0) is 21.7 Å². The monoisotopic (exact) mass is 398 g/mol. The fourth-order valence-corrected chi connectivity index (χ4v) is 5.73. The zero-order chi connectivity index (χ0) is 18.9. The molecule has 2 aromatic rings. The zero-order valence-corrected chi connectivity index (χ0v) is 16.0. The Labute approximate surface area is 155 Å². The second-order valence-corrected chi connectivity index (χ2v) is 9.71. The molecule has 0 spiro atoms. The number of carbonyl (C=O) groups is 1. The number of carbonyl (C=O) groups excluding carboxylic acids is 1. The minimum absolute atomic E-state index is 0.0439. The number of nitrogens with one attached hydrogen (secondary N) is 1. The van der Waals surface area contributed by atoms with E-state index in [0.29, 0.717) is 23.0 Å². The lowest BCUT2D eigenvalue weighted by Crippen LogP contribution is -2.47. The summed E-state index contributed by atoms with van der Waals surface area (Å²) in [4.78, 5) is 12.2. The first-order valence-electron chi connectivity index (χ1n) is 7.98. The Morgan fingerprint density at radius 1 is 1.38 bits per heavy atom. The van der Waals surface area contributed by atoms with Crippen LogP contribution in [0.15, 0.2) is 29.4 Å². The summed E-state index contributed by atoms with van der Waals surface area (Å²) in [6, 6.07) is 6.27. The number of amides is 1. The van der Waals surface area contributed by atoms with Gasteiger partial charge in [0.25, 0.3) is 0 Å². The molecule has 10 heteroatoms. The second-order valence-electron chi connectivity index (χ2n) is 6.58. The van der Waals surface area contributed by atoms with Gasteiger partial charge < -0.3 is 9.88 Å². The lowest BCUT2D eigenvalue weighted by Gasteiger charge is -2.23. The number of rotatable bonds is 5. The Hall–Kier alpha value is -1.94. The van der Waals surface area contributed by atoms with Crippen LogP contribution in [0.4, 0.5) is 4.39 Å². The Morgan fingerprint density at radius 2 is 2.12 bits per heavy atom. The Bertz CT molecular complexity index is 945. The van der Waals surface area contributed by atoms with Gasteiger partial charge in [0.05, 0.1) is 28.4 Å². The van der Waals surface area contributed by atoms with Gasteiger partial charge in [-0.2, -0.15) is 0 Å². The fraction of sp³-hybridized carbons (Fsp3) is 0.438. The first-order chi connectivity index (χ1) is 12.2. The van der Waals surface area contributed by atoms with Gasteiger partial charge in [-0.3, -0.25) is 4.79 Å². The second kappa shape index (κ2) is 6.99. The van der Waals surface area contributed by atoms with E-state index >= 15 is 0 Å². The van der Waals surface area contributed by atoms with Gasteiger partial charge in [0, 0.05) is 7.05 Å². The van der Waals surface area contributed by atoms with Crippen molar-refractivity contribution < 1.29 is 17.6 Å². The van der Waals surface area contributed by atoms with Gasteiger partial charge in [0.15, 0.2) is 20.8 Å². The number of aromatic nitrogens is 3. The summed E-state index contributed by atoms with van der Waals surface area (Å²) in [6.45, 7) is 1.73. The van der Waals surface area contributed by atoms with Crippen molar-refractivity contribution in [1.29, 1.82) is 0 Å². The quantitative estimate of drug-likeness (QED) is 0.766. The molecule has 3 rings (SSSR count). The SMILES string of the molecule is Cn1c(SCC(=O)N[C@@]2(C)CCS(=O)(=O)C2)nnc1-c1ccccc1F. The van der Waals surface area contributed by atoms with Gasteiger partial charge in [0.2, 0.25) is 5.91 Å². The van der Waals surface area contributed by atoms with E-state index in [9.17, 15) is 17.6 Å². The van der Waals surface area contributed by atoms with E-state index in [1.165, 1.54) is 6.07 Å². The molecule has 0 radical (unpaired) electrons. The molecule has 1 N–H and O–H groups in total. The van der Waals surface area contributed by atoms with Crippen LogP contribution in [-0.4, -0.2) is 51.9 Å². The predicted molar refractivity (Wildman–Crippen MR) is 96.9 cm³/mol. The van der Waals surface area contributed by atoms with E-state index in [4.69, 9.17) is 0 Å². The molecular formula is C16H19FN4O3S2. The number of sulfone groups is 1. The van der Waals surface area contributed by atoms with Crippen molar-refractivity contribution in [3.8, 4) is 11.4 Å². The van der Waals surface area contributed by atoms with Crippen molar-refractivity contribution in [2.45, 2.75) is 24.0 Å². The van der Waals surface area contributed by atoms with Gasteiger partial charge in [-0.05, 0) is 25.5 Å². The van der Waals surface area contributed by atoms with Crippen LogP contribution in [0.1, 0.15) is 13.3 Å². The van der Waals surface area contributed by atoms with E-state index in [0.717, 1.165) is 11.8 Å². The summed E-state index contributed by atoms with van der Waals surface area (Å²) < 4.78 is 38.7. The average Bonchev–Trinajstić information content (AvgIpc) is 3.05. The predicted octanol–water partition coefficient (Wildman–Crippen LogP) is 1.41. The standard InChI is InChI=1S/C16H19FN4O3S2/c1-16(7-8-26(23,24)10-16)18-13(22)9-25-15-20-19-14(21(15)2)11-5-3-4-6-12(11)17/h3-6H,7-10H2,1-2H3,(H,18,22)/t16-/m0/s1. The van der Waals surface area contributed by atoms with Crippen LogP contribution in [0.3, 0.4) is 0 Å². The lowest BCUT2D eigenvalue weighted by atomic mass is 10.0. The number of hydrogen-bond acceptors (Lipinski definition) is 6. The average molecular weight is 398 g/mol. The minimum Gasteiger partial charge on any atom is -0.349 e. The maximum atomic E-state index is 13.9. The van der Waals surface area contributed by atoms with E-state index in [2.05, 4.69) is 15.5 Å². The molecule has 0 bridgehead atoms. The molecule has 26 heavy (non-hydrogen) atoms. The van der Waals surface area contributed by atoms with Crippen LogP contribution in [0, 0.1) is 5.82 Å². The molecule has 1 aromatic carbocycles. The molecule has 1 atom stereocenters. The Morgan fingerprint density at radius 3 is 2.77 bits per heavy atom. The molecule has 1 fully saturated rings. The number of hydrogen-bond donors (Lipinski definition) is 1. The third-order valence-electron chi connectivity index (χ3n) is 4.23. The normalized spacial score (nSPS) is 21.7. The Balaban J connectivity index is 1.64. The molecular weight excluding hydrogens is 379 g/mol. The molecule has 1 amide bonds. The van der Waals surface area contributed by atoms with Crippen LogP contribution in [0.2, 0.25) is 0 Å². The maximum Gasteiger partial charge on any atom is 0.230 e. The number of nitrogens with zero attached hydrogens (tertiary/aromatic N) is 3. The first-order valence-corrected chi connectivity index (χ1v) is 10.8. The highest BCUT2D eigenvalue weighted by Gasteiger charge is 2.39.